The zero-order chi connectivity index (χ0) is 22.5. The number of fused-ring (bicyclic) bond motifs is 3. The highest BCUT2D eigenvalue weighted by Crippen LogP contribution is 2.32. The third-order valence-corrected chi connectivity index (χ3v) is 7.38. The van der Waals surface area contributed by atoms with Crippen LogP contribution in [0.1, 0.15) is 5.56 Å². The normalized spacial score (nSPS) is 12.1. The van der Waals surface area contributed by atoms with Gasteiger partial charge >= 0.3 is 0 Å². The van der Waals surface area contributed by atoms with E-state index in [1.165, 1.54) is 18.4 Å². The summed E-state index contributed by atoms with van der Waals surface area (Å²) >= 11 is 0. The average molecular weight is 445 g/mol. The van der Waals surface area contributed by atoms with Gasteiger partial charge in [-0.25, -0.2) is 12.7 Å². The van der Waals surface area contributed by atoms with Crippen LogP contribution in [-0.4, -0.2) is 51.6 Å². The first-order chi connectivity index (χ1) is 15.4. The van der Waals surface area contributed by atoms with Crippen molar-refractivity contribution in [1.82, 2.24) is 29.1 Å². The SMILES string of the molecule is Cc1ccc(-c2nn3c(-c4ccncc4)nnc3c3ccccc23)cc1S(=O)(=O)N(C)C. The molecule has 0 fully saturated rings. The first kappa shape index (κ1) is 20.2. The van der Waals surface area contributed by atoms with E-state index < -0.39 is 10.0 Å². The molecule has 0 spiro atoms. The predicted octanol–water partition coefficient (Wildman–Crippen LogP) is 3.57. The Balaban J connectivity index is 1.83. The van der Waals surface area contributed by atoms with E-state index in [1.54, 1.807) is 29.9 Å². The molecule has 5 aromatic rings. The Labute approximate surface area is 185 Å². The number of aryl methyl sites for hydroxylation is 1. The van der Waals surface area contributed by atoms with Gasteiger partial charge in [-0.3, -0.25) is 4.98 Å². The highest BCUT2D eigenvalue weighted by atomic mass is 32.2. The molecule has 160 valence electrons. The summed E-state index contributed by atoms with van der Waals surface area (Å²) in [6, 6.07) is 16.9. The minimum absolute atomic E-state index is 0.254. The molecule has 0 unspecified atom stereocenters. The molecule has 0 aliphatic carbocycles. The fourth-order valence-corrected chi connectivity index (χ4v) is 4.84. The van der Waals surface area contributed by atoms with Crippen LogP contribution >= 0.6 is 0 Å². The van der Waals surface area contributed by atoms with Gasteiger partial charge in [0.1, 0.15) is 0 Å². The average Bonchev–Trinajstić information content (AvgIpc) is 3.23. The molecule has 3 heterocycles. The van der Waals surface area contributed by atoms with Crippen molar-refractivity contribution in [1.29, 1.82) is 0 Å². The van der Waals surface area contributed by atoms with Gasteiger partial charge in [-0.1, -0.05) is 36.4 Å². The summed E-state index contributed by atoms with van der Waals surface area (Å²) in [5, 5.41) is 15.4. The highest BCUT2D eigenvalue weighted by Gasteiger charge is 2.22. The van der Waals surface area contributed by atoms with Gasteiger partial charge in [0.25, 0.3) is 0 Å². The summed E-state index contributed by atoms with van der Waals surface area (Å²) in [6.45, 7) is 1.79. The first-order valence-corrected chi connectivity index (χ1v) is 11.4. The summed E-state index contributed by atoms with van der Waals surface area (Å²) in [4.78, 5) is 4.32. The fourth-order valence-electron chi connectivity index (χ4n) is 3.70. The van der Waals surface area contributed by atoms with Crippen LogP contribution in [0.25, 0.3) is 39.1 Å². The van der Waals surface area contributed by atoms with Gasteiger partial charge in [-0.15, -0.1) is 10.2 Å². The Kier molecular flexibility index (Phi) is 4.72. The lowest BCUT2D eigenvalue weighted by Crippen LogP contribution is -2.23. The van der Waals surface area contributed by atoms with E-state index >= 15 is 0 Å². The number of pyridine rings is 1. The van der Waals surface area contributed by atoms with Crippen LogP contribution in [0, 0.1) is 6.92 Å². The number of sulfonamides is 1. The lowest BCUT2D eigenvalue weighted by Gasteiger charge is -2.15. The number of benzene rings is 2. The van der Waals surface area contributed by atoms with E-state index in [0.717, 1.165) is 16.3 Å². The van der Waals surface area contributed by atoms with Crippen molar-refractivity contribution in [2.45, 2.75) is 11.8 Å². The van der Waals surface area contributed by atoms with Crippen molar-refractivity contribution in [3.8, 4) is 22.6 Å². The maximum absolute atomic E-state index is 12.9. The van der Waals surface area contributed by atoms with Gasteiger partial charge < -0.3 is 0 Å². The summed E-state index contributed by atoms with van der Waals surface area (Å²) in [6.07, 6.45) is 3.38. The highest BCUT2D eigenvalue weighted by molar-refractivity contribution is 7.89. The summed E-state index contributed by atoms with van der Waals surface area (Å²) in [7, 11) is -0.553. The molecule has 0 aliphatic rings. The zero-order valence-electron chi connectivity index (χ0n) is 17.8. The van der Waals surface area contributed by atoms with Crippen LogP contribution in [0.2, 0.25) is 0 Å². The second kappa shape index (κ2) is 7.47. The number of aromatic nitrogens is 5. The van der Waals surface area contributed by atoms with E-state index in [2.05, 4.69) is 15.2 Å². The molecular formula is C23H20N6O2S. The molecule has 0 aliphatic heterocycles. The monoisotopic (exact) mass is 444 g/mol. The van der Waals surface area contributed by atoms with Crippen molar-refractivity contribution >= 4 is 26.4 Å². The molecular weight excluding hydrogens is 424 g/mol. The molecule has 32 heavy (non-hydrogen) atoms. The molecule has 0 N–H and O–H groups in total. The van der Waals surface area contributed by atoms with Gasteiger partial charge in [0.15, 0.2) is 11.5 Å². The Hall–Kier alpha value is -3.69. The Morgan fingerprint density at radius 3 is 2.31 bits per heavy atom. The second-order valence-electron chi connectivity index (χ2n) is 7.66. The Morgan fingerprint density at radius 1 is 0.875 bits per heavy atom. The van der Waals surface area contributed by atoms with Crippen molar-refractivity contribution in [3.63, 3.8) is 0 Å². The third kappa shape index (κ3) is 3.14. The van der Waals surface area contributed by atoms with Crippen molar-refractivity contribution in [2.75, 3.05) is 14.1 Å². The molecule has 0 saturated carbocycles. The molecule has 5 rings (SSSR count). The van der Waals surface area contributed by atoms with E-state index in [9.17, 15) is 8.42 Å². The molecule has 0 bridgehead atoms. The van der Waals surface area contributed by atoms with E-state index in [-0.39, 0.29) is 4.90 Å². The van der Waals surface area contributed by atoms with Gasteiger partial charge in [0, 0.05) is 48.4 Å². The van der Waals surface area contributed by atoms with Crippen molar-refractivity contribution in [2.24, 2.45) is 0 Å². The smallest absolute Gasteiger partial charge is 0.242 e. The van der Waals surface area contributed by atoms with Crippen LogP contribution in [0.5, 0.6) is 0 Å². The topological polar surface area (TPSA) is 93.3 Å². The van der Waals surface area contributed by atoms with Gasteiger partial charge in [-0.2, -0.15) is 9.61 Å². The fraction of sp³-hybridized carbons (Fsp3) is 0.130. The van der Waals surface area contributed by atoms with E-state index in [1.807, 2.05) is 48.5 Å². The van der Waals surface area contributed by atoms with Gasteiger partial charge in [0.05, 0.1) is 10.6 Å². The maximum Gasteiger partial charge on any atom is 0.242 e. The second-order valence-corrected chi connectivity index (χ2v) is 9.78. The van der Waals surface area contributed by atoms with Crippen LogP contribution < -0.4 is 0 Å². The molecule has 8 nitrogen and oxygen atoms in total. The lowest BCUT2D eigenvalue weighted by atomic mass is 10.0. The molecule has 0 radical (unpaired) electrons. The quantitative estimate of drug-likeness (QED) is 0.421. The first-order valence-electron chi connectivity index (χ1n) is 9.96. The van der Waals surface area contributed by atoms with Crippen LogP contribution in [-0.2, 0) is 10.0 Å². The summed E-state index contributed by atoms with van der Waals surface area (Å²) in [5.74, 6) is 0.586. The zero-order valence-corrected chi connectivity index (χ0v) is 18.6. The van der Waals surface area contributed by atoms with Gasteiger partial charge in [0.2, 0.25) is 10.0 Å². The van der Waals surface area contributed by atoms with Crippen molar-refractivity contribution < 1.29 is 8.42 Å². The third-order valence-electron chi connectivity index (χ3n) is 5.42. The number of rotatable bonds is 4. The Bertz CT molecular complexity index is 1580. The lowest BCUT2D eigenvalue weighted by molar-refractivity contribution is 0.520. The molecule has 0 atom stereocenters. The van der Waals surface area contributed by atoms with Crippen LogP contribution in [0.15, 0.2) is 71.9 Å². The summed E-state index contributed by atoms with van der Waals surface area (Å²) < 4.78 is 28.7. The largest absolute Gasteiger partial charge is 0.265 e. The maximum atomic E-state index is 12.9. The van der Waals surface area contributed by atoms with Crippen molar-refractivity contribution in [3.05, 3.63) is 72.6 Å². The minimum atomic E-state index is -3.61. The summed E-state index contributed by atoms with van der Waals surface area (Å²) in [5.41, 5.74) is 3.49. The van der Waals surface area contributed by atoms with Crippen LogP contribution in [0.4, 0.5) is 0 Å². The van der Waals surface area contributed by atoms with Crippen LogP contribution in [0.3, 0.4) is 0 Å². The Morgan fingerprint density at radius 2 is 1.59 bits per heavy atom. The minimum Gasteiger partial charge on any atom is -0.265 e. The standard InChI is InChI=1S/C23H20N6O2S/c1-15-8-9-17(14-20(15)32(30,31)28(2)3)21-18-6-4-5-7-19(18)23-26-25-22(29(23)27-21)16-10-12-24-13-11-16/h4-14H,1-3H3. The molecule has 0 saturated heterocycles. The molecule has 0 amide bonds. The number of nitrogens with zero attached hydrogens (tertiary/aromatic N) is 6. The van der Waals surface area contributed by atoms with Gasteiger partial charge in [-0.05, 0) is 30.7 Å². The predicted molar refractivity (Wildman–Crippen MR) is 123 cm³/mol. The number of hydrogen-bond acceptors (Lipinski definition) is 6. The van der Waals surface area contributed by atoms with E-state index in [0.29, 0.717) is 28.3 Å². The molecule has 9 heteroatoms. The molecule has 2 aromatic carbocycles. The van der Waals surface area contributed by atoms with E-state index in [4.69, 9.17) is 5.10 Å². The molecule has 3 aromatic heterocycles. The number of hydrogen-bond donors (Lipinski definition) is 0.